The highest BCUT2D eigenvalue weighted by Crippen LogP contribution is 2.34. The highest BCUT2D eigenvalue weighted by Gasteiger charge is 2.16. The molecule has 3 heterocycles. The van der Waals surface area contributed by atoms with Crippen molar-refractivity contribution in [2.75, 3.05) is 20.8 Å². The van der Waals surface area contributed by atoms with Crippen molar-refractivity contribution in [3.8, 4) is 22.8 Å². The van der Waals surface area contributed by atoms with E-state index in [1.807, 2.05) is 36.5 Å². The van der Waals surface area contributed by atoms with Crippen LogP contribution in [0.15, 0.2) is 52.6 Å². The van der Waals surface area contributed by atoms with Gasteiger partial charge in [0.05, 0.1) is 32.7 Å². The molecular formula is C22H23N3O4S. The molecule has 4 aromatic rings. The molecule has 7 nitrogen and oxygen atoms in total. The van der Waals surface area contributed by atoms with Crippen LogP contribution in [0.2, 0.25) is 0 Å². The second kappa shape index (κ2) is 8.62. The third-order valence-electron chi connectivity index (χ3n) is 4.98. The number of amides is 1. The van der Waals surface area contributed by atoms with Crippen LogP contribution in [-0.4, -0.2) is 41.0 Å². The van der Waals surface area contributed by atoms with E-state index in [4.69, 9.17) is 18.9 Å². The lowest BCUT2D eigenvalue weighted by molar-refractivity contribution is -0.129. The largest absolute Gasteiger partial charge is 0.497 e. The van der Waals surface area contributed by atoms with Crippen molar-refractivity contribution >= 4 is 22.2 Å². The molecule has 1 amide bonds. The maximum atomic E-state index is 12.1. The Morgan fingerprint density at radius 3 is 2.83 bits per heavy atom. The molecule has 0 fully saturated rings. The molecule has 0 bridgehead atoms. The quantitative estimate of drug-likeness (QED) is 0.422. The molecular weight excluding hydrogens is 402 g/mol. The monoisotopic (exact) mass is 425 g/mol. The maximum Gasteiger partial charge on any atom is 0.219 e. The number of aromatic nitrogens is 2. The van der Waals surface area contributed by atoms with Crippen molar-refractivity contribution in [2.45, 2.75) is 19.9 Å². The van der Waals surface area contributed by atoms with E-state index in [2.05, 4.69) is 9.78 Å². The summed E-state index contributed by atoms with van der Waals surface area (Å²) < 4.78 is 18.3. The number of thiazole rings is 1. The van der Waals surface area contributed by atoms with Crippen molar-refractivity contribution in [1.82, 2.24) is 14.3 Å². The predicted octanol–water partition coefficient (Wildman–Crippen LogP) is 4.26. The van der Waals surface area contributed by atoms with Crippen LogP contribution in [0.3, 0.4) is 0 Å². The zero-order chi connectivity index (χ0) is 21.1. The van der Waals surface area contributed by atoms with E-state index in [9.17, 15) is 4.79 Å². The SMILES string of the molecule is COc1ccc(OC)c(-c2cn3c(CCN(Cc4ccco4)C(C)=O)csc3n2)c1. The molecule has 3 aromatic heterocycles. The minimum absolute atomic E-state index is 0.0188. The highest BCUT2D eigenvalue weighted by atomic mass is 32.1. The second-order valence-corrected chi connectivity index (χ2v) is 7.68. The normalized spacial score (nSPS) is 11.0. The van der Waals surface area contributed by atoms with Gasteiger partial charge in [0.15, 0.2) is 4.96 Å². The number of imidazole rings is 1. The number of carbonyl (C=O) groups excluding carboxylic acids is 1. The lowest BCUT2D eigenvalue weighted by Gasteiger charge is -2.19. The van der Waals surface area contributed by atoms with E-state index in [1.54, 1.807) is 43.6 Å². The van der Waals surface area contributed by atoms with Crippen molar-refractivity contribution in [3.63, 3.8) is 0 Å². The van der Waals surface area contributed by atoms with Gasteiger partial charge in [0.1, 0.15) is 17.3 Å². The van der Waals surface area contributed by atoms with Crippen LogP contribution in [0.1, 0.15) is 18.4 Å². The molecule has 156 valence electrons. The van der Waals surface area contributed by atoms with Crippen LogP contribution >= 0.6 is 11.3 Å². The van der Waals surface area contributed by atoms with Crippen LogP contribution in [0.25, 0.3) is 16.2 Å². The average molecular weight is 426 g/mol. The number of methoxy groups -OCH3 is 2. The van der Waals surface area contributed by atoms with Crippen molar-refractivity contribution < 1.29 is 18.7 Å². The third kappa shape index (κ3) is 4.04. The Labute approximate surface area is 178 Å². The number of benzene rings is 1. The molecule has 0 aliphatic carbocycles. The van der Waals surface area contributed by atoms with Crippen molar-refractivity contribution in [2.24, 2.45) is 0 Å². The Balaban J connectivity index is 1.57. The molecule has 8 heteroatoms. The zero-order valence-corrected chi connectivity index (χ0v) is 17.9. The number of ether oxygens (including phenoxy) is 2. The summed E-state index contributed by atoms with van der Waals surface area (Å²) in [5.74, 6) is 2.28. The Kier molecular flexibility index (Phi) is 5.76. The fourth-order valence-electron chi connectivity index (χ4n) is 3.34. The number of rotatable bonds is 8. The molecule has 0 spiro atoms. The van der Waals surface area contributed by atoms with E-state index in [-0.39, 0.29) is 5.91 Å². The number of hydrogen-bond acceptors (Lipinski definition) is 6. The Morgan fingerprint density at radius 1 is 1.27 bits per heavy atom. The summed E-state index contributed by atoms with van der Waals surface area (Å²) in [7, 11) is 3.28. The summed E-state index contributed by atoms with van der Waals surface area (Å²) in [6.07, 6.45) is 4.34. The van der Waals surface area contributed by atoms with Crippen LogP contribution in [0, 0.1) is 0 Å². The van der Waals surface area contributed by atoms with E-state index in [1.165, 1.54) is 0 Å². The van der Waals surface area contributed by atoms with Crippen molar-refractivity contribution in [3.05, 3.63) is 59.6 Å². The minimum atomic E-state index is 0.0188. The first-order chi connectivity index (χ1) is 14.6. The molecule has 0 aliphatic rings. The first-order valence-electron chi connectivity index (χ1n) is 9.55. The van der Waals surface area contributed by atoms with Gasteiger partial charge in [0.25, 0.3) is 0 Å². The molecule has 0 aliphatic heterocycles. The summed E-state index contributed by atoms with van der Waals surface area (Å²) in [5.41, 5.74) is 2.79. The Morgan fingerprint density at radius 2 is 2.13 bits per heavy atom. The lowest BCUT2D eigenvalue weighted by Crippen LogP contribution is -2.30. The third-order valence-corrected chi connectivity index (χ3v) is 5.86. The first-order valence-corrected chi connectivity index (χ1v) is 10.4. The fourth-order valence-corrected chi connectivity index (χ4v) is 4.25. The van der Waals surface area contributed by atoms with Gasteiger partial charge < -0.3 is 18.8 Å². The van der Waals surface area contributed by atoms with Gasteiger partial charge in [-0.2, -0.15) is 0 Å². The smallest absolute Gasteiger partial charge is 0.219 e. The van der Waals surface area contributed by atoms with Crippen LogP contribution in [-0.2, 0) is 17.8 Å². The number of carbonyl (C=O) groups is 1. The van der Waals surface area contributed by atoms with E-state index >= 15 is 0 Å². The van der Waals surface area contributed by atoms with E-state index in [0.29, 0.717) is 19.5 Å². The molecule has 0 saturated heterocycles. The number of furan rings is 1. The summed E-state index contributed by atoms with van der Waals surface area (Å²) in [4.78, 5) is 19.5. The van der Waals surface area contributed by atoms with Crippen LogP contribution < -0.4 is 9.47 Å². The summed E-state index contributed by atoms with van der Waals surface area (Å²) in [6.45, 7) is 2.64. The topological polar surface area (TPSA) is 69.2 Å². The standard InChI is InChI=1S/C22H23N3O4S/c1-15(26)24(12-18-5-4-10-29-18)9-8-16-14-30-22-23-20(13-25(16)22)19-11-17(27-2)6-7-21(19)28-3/h4-7,10-11,13-14H,8-9,12H2,1-3H3. The number of fused-ring (bicyclic) bond motifs is 1. The average Bonchev–Trinajstić information content (AvgIpc) is 3.48. The fraction of sp³-hybridized carbons (Fsp3) is 0.273. The van der Waals surface area contributed by atoms with Gasteiger partial charge in [-0.05, 0) is 30.3 Å². The molecule has 1 aromatic carbocycles. The summed E-state index contributed by atoms with van der Waals surface area (Å²) in [5, 5.41) is 2.08. The lowest BCUT2D eigenvalue weighted by atomic mass is 10.1. The minimum Gasteiger partial charge on any atom is -0.497 e. The maximum absolute atomic E-state index is 12.1. The Bertz CT molecular complexity index is 1150. The Hall–Kier alpha value is -3.26. The predicted molar refractivity (Wildman–Crippen MR) is 115 cm³/mol. The highest BCUT2D eigenvalue weighted by molar-refractivity contribution is 7.15. The van der Waals surface area contributed by atoms with Gasteiger partial charge in [-0.1, -0.05) is 0 Å². The molecule has 0 saturated carbocycles. The van der Waals surface area contributed by atoms with Crippen LogP contribution in [0.4, 0.5) is 0 Å². The second-order valence-electron chi connectivity index (χ2n) is 6.84. The molecule has 0 unspecified atom stereocenters. The van der Waals surface area contributed by atoms with E-state index in [0.717, 1.165) is 39.2 Å². The summed E-state index contributed by atoms with van der Waals surface area (Å²) >= 11 is 1.58. The molecule has 4 rings (SSSR count). The molecule has 0 radical (unpaired) electrons. The zero-order valence-electron chi connectivity index (χ0n) is 17.1. The first kappa shape index (κ1) is 20.0. The van der Waals surface area contributed by atoms with Gasteiger partial charge in [-0.15, -0.1) is 11.3 Å². The van der Waals surface area contributed by atoms with Crippen molar-refractivity contribution in [1.29, 1.82) is 0 Å². The number of hydrogen-bond donors (Lipinski definition) is 0. The van der Waals surface area contributed by atoms with Gasteiger partial charge in [-0.3, -0.25) is 9.20 Å². The molecule has 0 N–H and O–H groups in total. The van der Waals surface area contributed by atoms with Crippen LogP contribution in [0.5, 0.6) is 11.5 Å². The van der Waals surface area contributed by atoms with Gasteiger partial charge in [-0.25, -0.2) is 4.98 Å². The molecule has 0 atom stereocenters. The van der Waals surface area contributed by atoms with Gasteiger partial charge >= 0.3 is 0 Å². The summed E-state index contributed by atoms with van der Waals surface area (Å²) in [6, 6.07) is 9.37. The van der Waals surface area contributed by atoms with E-state index < -0.39 is 0 Å². The number of nitrogens with zero attached hydrogens (tertiary/aromatic N) is 3. The molecule has 30 heavy (non-hydrogen) atoms. The van der Waals surface area contributed by atoms with Gasteiger partial charge in [0, 0.05) is 42.7 Å². The van der Waals surface area contributed by atoms with Gasteiger partial charge in [0.2, 0.25) is 5.91 Å².